The summed E-state index contributed by atoms with van der Waals surface area (Å²) in [6.45, 7) is 2.00. The van der Waals surface area contributed by atoms with E-state index < -0.39 is 23.3 Å². The Morgan fingerprint density at radius 2 is 1.90 bits per heavy atom. The molecule has 8 heteroatoms. The molecular formula is C23H24F2N4O2. The van der Waals surface area contributed by atoms with Crippen LogP contribution in [0, 0.1) is 11.6 Å². The van der Waals surface area contributed by atoms with Crippen molar-refractivity contribution in [3.63, 3.8) is 0 Å². The molecule has 2 aromatic carbocycles. The predicted molar refractivity (Wildman–Crippen MR) is 113 cm³/mol. The summed E-state index contributed by atoms with van der Waals surface area (Å²) in [5.74, 6) is -3.65. The third-order valence-electron chi connectivity index (χ3n) is 5.83. The SMILES string of the molecule is CN1CCC(n2cc(-c3cc(-c4ccc(F)c(F)c4O)ccc3CC(N)=O)cn2)CC1. The lowest BCUT2D eigenvalue weighted by atomic mass is 9.94. The molecule has 1 aliphatic heterocycles. The van der Waals surface area contributed by atoms with Crippen LogP contribution in [0.2, 0.25) is 0 Å². The van der Waals surface area contributed by atoms with Gasteiger partial charge in [0.15, 0.2) is 11.6 Å². The van der Waals surface area contributed by atoms with Crippen molar-refractivity contribution >= 4 is 5.91 Å². The van der Waals surface area contributed by atoms with Crippen molar-refractivity contribution in [3.8, 4) is 28.0 Å². The number of primary amides is 1. The molecular weight excluding hydrogens is 402 g/mol. The zero-order chi connectivity index (χ0) is 22.1. The number of carbonyl (C=O) groups excluding carboxylic acids is 1. The first-order valence-electron chi connectivity index (χ1n) is 10.1. The van der Waals surface area contributed by atoms with Gasteiger partial charge in [-0.05, 0) is 67.9 Å². The highest BCUT2D eigenvalue weighted by Gasteiger charge is 2.21. The number of piperidine rings is 1. The number of hydrogen-bond acceptors (Lipinski definition) is 4. The van der Waals surface area contributed by atoms with E-state index in [1.54, 1.807) is 24.4 Å². The van der Waals surface area contributed by atoms with Gasteiger partial charge in [0.1, 0.15) is 0 Å². The number of likely N-dealkylation sites (tertiary alicyclic amines) is 1. The van der Waals surface area contributed by atoms with Gasteiger partial charge in [0.25, 0.3) is 0 Å². The van der Waals surface area contributed by atoms with E-state index in [9.17, 15) is 18.7 Å². The van der Waals surface area contributed by atoms with Gasteiger partial charge in [0.05, 0.1) is 18.7 Å². The molecule has 0 unspecified atom stereocenters. The van der Waals surface area contributed by atoms with Crippen LogP contribution in [-0.2, 0) is 11.2 Å². The van der Waals surface area contributed by atoms with E-state index in [0.29, 0.717) is 22.7 Å². The molecule has 3 aromatic rings. The van der Waals surface area contributed by atoms with Crippen LogP contribution in [0.5, 0.6) is 5.75 Å². The van der Waals surface area contributed by atoms with Gasteiger partial charge in [0, 0.05) is 17.3 Å². The summed E-state index contributed by atoms with van der Waals surface area (Å²) in [4.78, 5) is 13.9. The standard InChI is InChI=1S/C23H24F2N4O2/c1-28-8-6-17(7-9-28)29-13-16(12-27-29)19-10-14(2-3-15(19)11-21(26)30)18-4-5-20(24)22(25)23(18)31/h2-5,10,12-13,17,31H,6-9,11H2,1H3,(H2,26,30). The Bertz CT molecular complexity index is 1120. The molecule has 3 N–H and O–H groups in total. The van der Waals surface area contributed by atoms with Gasteiger partial charge in [-0.2, -0.15) is 9.49 Å². The Morgan fingerprint density at radius 3 is 2.61 bits per heavy atom. The number of rotatable bonds is 5. The molecule has 2 heterocycles. The first-order chi connectivity index (χ1) is 14.8. The third-order valence-corrected chi connectivity index (χ3v) is 5.83. The number of nitrogens with two attached hydrogens (primary N) is 1. The van der Waals surface area contributed by atoms with Gasteiger partial charge in [-0.1, -0.05) is 12.1 Å². The van der Waals surface area contributed by atoms with Crippen LogP contribution in [0.25, 0.3) is 22.3 Å². The molecule has 1 saturated heterocycles. The van der Waals surface area contributed by atoms with Crippen LogP contribution < -0.4 is 5.73 Å². The maximum Gasteiger partial charge on any atom is 0.221 e. The number of carbonyl (C=O) groups is 1. The quantitative estimate of drug-likeness (QED) is 0.654. The fourth-order valence-electron chi connectivity index (χ4n) is 4.06. The smallest absolute Gasteiger partial charge is 0.221 e. The maximum absolute atomic E-state index is 13.9. The summed E-state index contributed by atoms with van der Waals surface area (Å²) in [6.07, 6.45) is 5.68. The Balaban J connectivity index is 1.74. The largest absolute Gasteiger partial charge is 0.504 e. The van der Waals surface area contributed by atoms with Crippen LogP contribution in [-0.4, -0.2) is 45.8 Å². The summed E-state index contributed by atoms with van der Waals surface area (Å²) in [6, 6.07) is 7.68. The minimum Gasteiger partial charge on any atom is -0.504 e. The van der Waals surface area contributed by atoms with Crippen molar-refractivity contribution in [2.75, 3.05) is 20.1 Å². The van der Waals surface area contributed by atoms with Crippen molar-refractivity contribution in [3.05, 3.63) is 59.9 Å². The summed E-state index contributed by atoms with van der Waals surface area (Å²) >= 11 is 0. The highest BCUT2D eigenvalue weighted by molar-refractivity contribution is 5.83. The molecule has 6 nitrogen and oxygen atoms in total. The summed E-state index contributed by atoms with van der Waals surface area (Å²) in [7, 11) is 2.10. The molecule has 0 aliphatic carbocycles. The normalized spacial score (nSPS) is 15.3. The molecule has 31 heavy (non-hydrogen) atoms. The van der Waals surface area contributed by atoms with E-state index in [2.05, 4.69) is 17.0 Å². The highest BCUT2D eigenvalue weighted by Crippen LogP contribution is 2.36. The van der Waals surface area contributed by atoms with Crippen LogP contribution >= 0.6 is 0 Å². The first-order valence-corrected chi connectivity index (χ1v) is 10.1. The molecule has 4 rings (SSSR count). The van der Waals surface area contributed by atoms with Crippen molar-refractivity contribution in [1.82, 2.24) is 14.7 Å². The molecule has 1 fully saturated rings. The second-order valence-corrected chi connectivity index (χ2v) is 8.02. The van der Waals surface area contributed by atoms with Crippen molar-refractivity contribution in [2.45, 2.75) is 25.3 Å². The molecule has 0 saturated carbocycles. The highest BCUT2D eigenvalue weighted by atomic mass is 19.2. The zero-order valence-electron chi connectivity index (χ0n) is 17.2. The van der Waals surface area contributed by atoms with Crippen molar-refractivity contribution < 1.29 is 18.7 Å². The average Bonchev–Trinajstić information content (AvgIpc) is 3.23. The Hall–Kier alpha value is -3.26. The van der Waals surface area contributed by atoms with E-state index in [1.165, 1.54) is 6.07 Å². The molecule has 1 aromatic heterocycles. The maximum atomic E-state index is 13.9. The van der Waals surface area contributed by atoms with Crippen molar-refractivity contribution in [2.24, 2.45) is 5.73 Å². The summed E-state index contributed by atoms with van der Waals surface area (Å²) < 4.78 is 29.3. The number of halogens is 2. The molecule has 1 amide bonds. The third kappa shape index (κ3) is 4.29. The molecule has 162 valence electrons. The van der Waals surface area contributed by atoms with E-state index in [0.717, 1.165) is 37.6 Å². The van der Waals surface area contributed by atoms with Gasteiger partial charge in [-0.15, -0.1) is 0 Å². The minimum atomic E-state index is -1.30. The zero-order valence-corrected chi connectivity index (χ0v) is 17.2. The number of benzene rings is 2. The van der Waals surface area contributed by atoms with E-state index >= 15 is 0 Å². The van der Waals surface area contributed by atoms with Crippen LogP contribution in [0.4, 0.5) is 8.78 Å². The number of phenols is 1. The van der Waals surface area contributed by atoms with Gasteiger partial charge < -0.3 is 15.7 Å². The second-order valence-electron chi connectivity index (χ2n) is 8.02. The first kappa shape index (κ1) is 21.0. The monoisotopic (exact) mass is 426 g/mol. The number of nitrogens with zero attached hydrogens (tertiary/aromatic N) is 3. The fourth-order valence-corrected chi connectivity index (χ4v) is 4.06. The topological polar surface area (TPSA) is 84.4 Å². The van der Waals surface area contributed by atoms with Gasteiger partial charge in [-0.3, -0.25) is 9.48 Å². The Kier molecular flexibility index (Phi) is 5.73. The Labute approximate surface area is 178 Å². The van der Waals surface area contributed by atoms with Gasteiger partial charge in [-0.25, -0.2) is 4.39 Å². The molecule has 0 spiro atoms. The second kappa shape index (κ2) is 8.47. The number of aromatic hydroxyl groups is 1. The minimum absolute atomic E-state index is 0.0266. The van der Waals surface area contributed by atoms with E-state index in [4.69, 9.17) is 5.73 Å². The van der Waals surface area contributed by atoms with Crippen LogP contribution in [0.15, 0.2) is 42.7 Å². The molecule has 0 radical (unpaired) electrons. The van der Waals surface area contributed by atoms with Crippen LogP contribution in [0.3, 0.4) is 0 Å². The Morgan fingerprint density at radius 1 is 1.16 bits per heavy atom. The molecule has 0 bridgehead atoms. The van der Waals surface area contributed by atoms with Crippen LogP contribution in [0.1, 0.15) is 24.4 Å². The number of phenolic OH excluding ortho intramolecular Hbond substituents is 1. The molecule has 1 aliphatic rings. The summed E-state index contributed by atoms with van der Waals surface area (Å²) in [5, 5.41) is 14.6. The lowest BCUT2D eigenvalue weighted by molar-refractivity contribution is -0.117. The number of amides is 1. The predicted octanol–water partition coefficient (Wildman–Crippen LogP) is 3.50. The van der Waals surface area contributed by atoms with Gasteiger partial charge in [0.2, 0.25) is 11.7 Å². The number of aromatic nitrogens is 2. The lowest BCUT2D eigenvalue weighted by Gasteiger charge is -2.29. The van der Waals surface area contributed by atoms with Gasteiger partial charge >= 0.3 is 0 Å². The fraction of sp³-hybridized carbons (Fsp3) is 0.304. The number of hydrogen-bond donors (Lipinski definition) is 2. The van der Waals surface area contributed by atoms with E-state index in [1.807, 2.05) is 10.9 Å². The van der Waals surface area contributed by atoms with E-state index in [-0.39, 0.29) is 12.0 Å². The summed E-state index contributed by atoms with van der Waals surface area (Å²) in [5.41, 5.74) is 8.27. The average molecular weight is 426 g/mol. The van der Waals surface area contributed by atoms with Crippen molar-refractivity contribution in [1.29, 1.82) is 0 Å². The molecule has 0 atom stereocenters. The lowest BCUT2D eigenvalue weighted by Crippen LogP contribution is -2.31.